The molecule has 4 nitrogen and oxygen atoms in total. The minimum atomic E-state index is 0.0795. The molecule has 2 atom stereocenters. The van der Waals surface area contributed by atoms with Crippen molar-refractivity contribution < 1.29 is 9.53 Å². The van der Waals surface area contributed by atoms with Crippen LogP contribution in [-0.4, -0.2) is 50.7 Å². The molecule has 2 unspecified atom stereocenters. The van der Waals surface area contributed by atoms with E-state index in [9.17, 15) is 4.79 Å². The van der Waals surface area contributed by atoms with Crippen molar-refractivity contribution in [2.45, 2.75) is 20.3 Å². The summed E-state index contributed by atoms with van der Waals surface area (Å²) >= 11 is 0. The van der Waals surface area contributed by atoms with Crippen molar-refractivity contribution in [1.82, 2.24) is 10.2 Å². The Morgan fingerprint density at radius 1 is 1.62 bits per heavy atom. The van der Waals surface area contributed by atoms with E-state index in [4.69, 9.17) is 4.74 Å². The van der Waals surface area contributed by atoms with E-state index in [1.807, 2.05) is 25.8 Å². The first kappa shape index (κ1) is 13.5. The highest BCUT2D eigenvalue weighted by Crippen LogP contribution is 2.18. The van der Waals surface area contributed by atoms with Gasteiger partial charge < -0.3 is 15.0 Å². The van der Waals surface area contributed by atoms with Crippen LogP contribution in [-0.2, 0) is 9.53 Å². The Balaban J connectivity index is 2.31. The van der Waals surface area contributed by atoms with Crippen LogP contribution in [0.25, 0.3) is 0 Å². The normalized spacial score (nSPS) is 22.4. The van der Waals surface area contributed by atoms with Gasteiger partial charge in [0, 0.05) is 38.1 Å². The highest BCUT2D eigenvalue weighted by Gasteiger charge is 2.28. The van der Waals surface area contributed by atoms with Gasteiger partial charge in [-0.15, -0.1) is 0 Å². The molecule has 1 heterocycles. The van der Waals surface area contributed by atoms with Gasteiger partial charge in [-0.05, 0) is 20.4 Å². The van der Waals surface area contributed by atoms with Gasteiger partial charge in [0.05, 0.1) is 6.61 Å². The summed E-state index contributed by atoms with van der Waals surface area (Å²) in [5.74, 6) is 0.884. The second-order valence-electron chi connectivity index (χ2n) is 4.56. The monoisotopic (exact) mass is 228 g/mol. The van der Waals surface area contributed by atoms with Crippen molar-refractivity contribution in [3.05, 3.63) is 0 Å². The first-order chi connectivity index (χ1) is 7.69. The molecule has 1 N–H and O–H groups in total. The number of nitrogens with one attached hydrogen (secondary N) is 1. The third-order valence-electron chi connectivity index (χ3n) is 3.09. The van der Waals surface area contributed by atoms with Crippen molar-refractivity contribution in [3.8, 4) is 0 Å². The SMILES string of the molecule is CCOCC1CCN(C(=O)C(C)CNC)C1. The fourth-order valence-electron chi connectivity index (χ4n) is 2.16. The summed E-state index contributed by atoms with van der Waals surface area (Å²) in [6.07, 6.45) is 1.08. The van der Waals surface area contributed by atoms with Crippen LogP contribution in [0.4, 0.5) is 0 Å². The molecule has 0 aromatic rings. The number of likely N-dealkylation sites (tertiary alicyclic amines) is 1. The molecule has 1 fully saturated rings. The minimum absolute atomic E-state index is 0.0795. The molecule has 0 saturated carbocycles. The maximum Gasteiger partial charge on any atom is 0.226 e. The second kappa shape index (κ2) is 6.86. The van der Waals surface area contributed by atoms with Gasteiger partial charge in [0.2, 0.25) is 5.91 Å². The molecule has 16 heavy (non-hydrogen) atoms. The minimum Gasteiger partial charge on any atom is -0.381 e. The highest BCUT2D eigenvalue weighted by atomic mass is 16.5. The maximum atomic E-state index is 12.0. The van der Waals surface area contributed by atoms with Crippen molar-refractivity contribution in [2.24, 2.45) is 11.8 Å². The summed E-state index contributed by atoms with van der Waals surface area (Å²) in [5, 5.41) is 3.05. The molecule has 1 aliphatic heterocycles. The number of rotatable bonds is 6. The molecule has 1 rings (SSSR count). The topological polar surface area (TPSA) is 41.6 Å². The number of hydrogen-bond donors (Lipinski definition) is 1. The number of carbonyl (C=O) groups excluding carboxylic acids is 1. The van der Waals surface area contributed by atoms with E-state index in [0.717, 1.165) is 39.3 Å². The van der Waals surface area contributed by atoms with Gasteiger partial charge in [-0.1, -0.05) is 6.92 Å². The summed E-state index contributed by atoms with van der Waals surface area (Å²) in [7, 11) is 1.88. The molecule has 94 valence electrons. The largest absolute Gasteiger partial charge is 0.381 e. The molecule has 1 saturated heterocycles. The zero-order chi connectivity index (χ0) is 12.0. The van der Waals surface area contributed by atoms with Crippen LogP contribution in [0.1, 0.15) is 20.3 Å². The molecule has 0 bridgehead atoms. The zero-order valence-corrected chi connectivity index (χ0v) is 10.7. The fourth-order valence-corrected chi connectivity index (χ4v) is 2.16. The lowest BCUT2D eigenvalue weighted by molar-refractivity contribution is -0.133. The van der Waals surface area contributed by atoms with Crippen LogP contribution in [0.2, 0.25) is 0 Å². The Bertz CT molecular complexity index is 221. The number of ether oxygens (including phenoxy) is 1. The fraction of sp³-hybridized carbons (Fsp3) is 0.917. The van der Waals surface area contributed by atoms with Crippen molar-refractivity contribution >= 4 is 5.91 Å². The maximum absolute atomic E-state index is 12.0. The van der Waals surface area contributed by atoms with E-state index in [0.29, 0.717) is 5.92 Å². The first-order valence-corrected chi connectivity index (χ1v) is 6.20. The zero-order valence-electron chi connectivity index (χ0n) is 10.7. The molecular weight excluding hydrogens is 204 g/mol. The molecule has 0 aromatic carbocycles. The second-order valence-corrected chi connectivity index (χ2v) is 4.56. The van der Waals surface area contributed by atoms with E-state index < -0.39 is 0 Å². The van der Waals surface area contributed by atoms with Crippen molar-refractivity contribution in [2.75, 3.05) is 39.9 Å². The van der Waals surface area contributed by atoms with Crippen LogP contribution in [0.5, 0.6) is 0 Å². The first-order valence-electron chi connectivity index (χ1n) is 6.20. The quantitative estimate of drug-likeness (QED) is 0.728. The van der Waals surface area contributed by atoms with E-state index in [1.54, 1.807) is 0 Å². The number of nitrogens with zero attached hydrogens (tertiary/aromatic N) is 1. The Morgan fingerprint density at radius 2 is 2.38 bits per heavy atom. The molecule has 0 aliphatic carbocycles. The molecule has 1 amide bonds. The van der Waals surface area contributed by atoms with Crippen LogP contribution in [0.15, 0.2) is 0 Å². The predicted octanol–water partition coefficient (Wildman–Crippen LogP) is 0.727. The summed E-state index contributed by atoms with van der Waals surface area (Å²) in [6.45, 7) is 8.06. The van der Waals surface area contributed by atoms with Gasteiger partial charge in [-0.25, -0.2) is 0 Å². The van der Waals surface area contributed by atoms with Crippen LogP contribution in [0, 0.1) is 11.8 Å². The van der Waals surface area contributed by atoms with Crippen LogP contribution in [0.3, 0.4) is 0 Å². The molecule has 4 heteroatoms. The number of hydrogen-bond acceptors (Lipinski definition) is 3. The van der Waals surface area contributed by atoms with Gasteiger partial charge in [0.1, 0.15) is 0 Å². The smallest absolute Gasteiger partial charge is 0.226 e. The molecular formula is C12H24N2O2. The molecule has 0 spiro atoms. The summed E-state index contributed by atoms with van der Waals surface area (Å²) in [5.41, 5.74) is 0. The van der Waals surface area contributed by atoms with E-state index in [1.165, 1.54) is 0 Å². The van der Waals surface area contributed by atoms with E-state index in [-0.39, 0.29) is 11.8 Å². The van der Waals surface area contributed by atoms with Crippen molar-refractivity contribution in [3.63, 3.8) is 0 Å². The van der Waals surface area contributed by atoms with Crippen LogP contribution >= 0.6 is 0 Å². The summed E-state index contributed by atoms with van der Waals surface area (Å²) in [6, 6.07) is 0. The van der Waals surface area contributed by atoms with Gasteiger partial charge in [0.25, 0.3) is 0 Å². The van der Waals surface area contributed by atoms with Crippen LogP contribution < -0.4 is 5.32 Å². The Kier molecular flexibility index (Phi) is 5.77. The third-order valence-corrected chi connectivity index (χ3v) is 3.09. The lowest BCUT2D eigenvalue weighted by atomic mass is 10.1. The lowest BCUT2D eigenvalue weighted by Crippen LogP contribution is -2.37. The van der Waals surface area contributed by atoms with Crippen molar-refractivity contribution in [1.29, 1.82) is 0 Å². The van der Waals surface area contributed by atoms with Gasteiger partial charge in [-0.2, -0.15) is 0 Å². The predicted molar refractivity (Wildman–Crippen MR) is 64.3 cm³/mol. The molecule has 0 radical (unpaired) electrons. The Hall–Kier alpha value is -0.610. The number of amides is 1. The average molecular weight is 228 g/mol. The summed E-state index contributed by atoms with van der Waals surface area (Å²) < 4.78 is 5.40. The number of carbonyl (C=O) groups is 1. The lowest BCUT2D eigenvalue weighted by Gasteiger charge is -2.20. The van der Waals surface area contributed by atoms with E-state index >= 15 is 0 Å². The van der Waals surface area contributed by atoms with Gasteiger partial charge in [-0.3, -0.25) is 4.79 Å². The third kappa shape index (κ3) is 3.76. The van der Waals surface area contributed by atoms with Gasteiger partial charge >= 0.3 is 0 Å². The molecule has 0 aromatic heterocycles. The Labute approximate surface area is 98.3 Å². The van der Waals surface area contributed by atoms with Gasteiger partial charge in [0.15, 0.2) is 0 Å². The highest BCUT2D eigenvalue weighted by molar-refractivity contribution is 5.79. The average Bonchev–Trinajstić information content (AvgIpc) is 2.74. The molecule has 1 aliphatic rings. The standard InChI is InChI=1S/C12H24N2O2/c1-4-16-9-11-5-6-14(8-11)12(15)10(2)7-13-3/h10-11,13H,4-9H2,1-3H3. The summed E-state index contributed by atoms with van der Waals surface area (Å²) in [4.78, 5) is 14.0. The van der Waals surface area contributed by atoms with E-state index in [2.05, 4.69) is 5.32 Å². The Morgan fingerprint density at radius 3 is 3.00 bits per heavy atom.